The van der Waals surface area contributed by atoms with E-state index in [-0.39, 0.29) is 0 Å². The summed E-state index contributed by atoms with van der Waals surface area (Å²) in [5.74, 6) is 2.16. The van der Waals surface area contributed by atoms with Gasteiger partial charge in [-0.2, -0.15) is 0 Å². The molecule has 0 amide bonds. The lowest BCUT2D eigenvalue weighted by molar-refractivity contribution is 0.271. The first-order valence-corrected chi connectivity index (χ1v) is 7.56. The highest BCUT2D eigenvalue weighted by atomic mass is 16.5. The number of fused-ring (bicyclic) bond motifs is 1. The van der Waals surface area contributed by atoms with E-state index in [1.54, 1.807) is 0 Å². The summed E-state index contributed by atoms with van der Waals surface area (Å²) >= 11 is 0. The van der Waals surface area contributed by atoms with Crippen LogP contribution < -0.4 is 10.1 Å². The van der Waals surface area contributed by atoms with E-state index in [2.05, 4.69) is 48.2 Å². The number of hydrogen-bond donors (Lipinski definition) is 2. The third-order valence-electron chi connectivity index (χ3n) is 3.34. The molecule has 22 heavy (non-hydrogen) atoms. The Labute approximate surface area is 130 Å². The van der Waals surface area contributed by atoms with E-state index in [0.29, 0.717) is 5.92 Å². The van der Waals surface area contributed by atoms with Crippen molar-refractivity contribution in [3.63, 3.8) is 0 Å². The van der Waals surface area contributed by atoms with Crippen molar-refractivity contribution < 1.29 is 4.74 Å². The first kappa shape index (κ1) is 14.4. The second-order valence-corrected chi connectivity index (χ2v) is 5.96. The lowest BCUT2D eigenvalue weighted by Crippen LogP contribution is -2.04. The van der Waals surface area contributed by atoms with Crippen molar-refractivity contribution in [2.75, 3.05) is 11.9 Å². The number of nitrogens with zero attached hydrogens (tertiary/aromatic N) is 1. The fourth-order valence-corrected chi connectivity index (χ4v) is 2.22. The molecule has 0 saturated carbocycles. The number of imidazole rings is 1. The average Bonchev–Trinajstić information content (AvgIpc) is 2.87. The van der Waals surface area contributed by atoms with Crippen LogP contribution >= 0.6 is 0 Å². The lowest BCUT2D eigenvalue weighted by Gasteiger charge is -2.09. The molecule has 4 heteroatoms. The summed E-state index contributed by atoms with van der Waals surface area (Å²) in [5.41, 5.74) is 4.20. The molecule has 2 N–H and O–H groups in total. The zero-order valence-electron chi connectivity index (χ0n) is 13.2. The van der Waals surface area contributed by atoms with Gasteiger partial charge in [-0.15, -0.1) is 0 Å². The quantitative estimate of drug-likeness (QED) is 0.720. The normalized spacial score (nSPS) is 11.1. The van der Waals surface area contributed by atoms with Crippen LogP contribution in [0.2, 0.25) is 0 Å². The van der Waals surface area contributed by atoms with Crippen molar-refractivity contribution in [1.82, 2.24) is 9.97 Å². The third kappa shape index (κ3) is 3.39. The van der Waals surface area contributed by atoms with Crippen LogP contribution in [0, 0.1) is 12.8 Å². The first-order chi connectivity index (χ1) is 10.6. The Balaban J connectivity index is 1.71. The molecule has 0 unspecified atom stereocenters. The van der Waals surface area contributed by atoms with Crippen molar-refractivity contribution in [3.05, 3.63) is 48.0 Å². The lowest BCUT2D eigenvalue weighted by atomic mass is 10.2. The van der Waals surface area contributed by atoms with E-state index in [1.807, 2.05) is 30.3 Å². The maximum absolute atomic E-state index is 5.68. The first-order valence-electron chi connectivity index (χ1n) is 7.56. The topological polar surface area (TPSA) is 49.9 Å². The highest BCUT2D eigenvalue weighted by Crippen LogP contribution is 2.21. The van der Waals surface area contributed by atoms with Crippen LogP contribution in [-0.2, 0) is 0 Å². The molecule has 3 aromatic rings. The van der Waals surface area contributed by atoms with E-state index >= 15 is 0 Å². The molecule has 0 aliphatic heterocycles. The van der Waals surface area contributed by atoms with Gasteiger partial charge in [0, 0.05) is 5.69 Å². The van der Waals surface area contributed by atoms with Crippen LogP contribution in [-0.4, -0.2) is 16.6 Å². The van der Waals surface area contributed by atoms with Crippen molar-refractivity contribution >= 4 is 22.7 Å². The van der Waals surface area contributed by atoms with Gasteiger partial charge in [-0.3, -0.25) is 0 Å². The van der Waals surface area contributed by atoms with E-state index in [1.165, 1.54) is 5.56 Å². The molecule has 0 aliphatic rings. The Morgan fingerprint density at radius 2 is 1.91 bits per heavy atom. The number of benzene rings is 2. The number of ether oxygens (including phenoxy) is 1. The molecule has 0 bridgehead atoms. The van der Waals surface area contributed by atoms with Gasteiger partial charge >= 0.3 is 0 Å². The van der Waals surface area contributed by atoms with E-state index < -0.39 is 0 Å². The van der Waals surface area contributed by atoms with Crippen LogP contribution in [0.5, 0.6) is 5.75 Å². The molecule has 0 spiro atoms. The highest BCUT2D eigenvalue weighted by Gasteiger charge is 2.03. The third-order valence-corrected chi connectivity index (χ3v) is 3.34. The number of hydrogen-bond acceptors (Lipinski definition) is 3. The number of aromatic nitrogens is 2. The van der Waals surface area contributed by atoms with Gasteiger partial charge in [0.1, 0.15) is 5.75 Å². The van der Waals surface area contributed by atoms with Crippen molar-refractivity contribution in [2.45, 2.75) is 20.8 Å². The van der Waals surface area contributed by atoms with Crippen LogP contribution in [0.1, 0.15) is 19.4 Å². The maximum atomic E-state index is 5.68. The van der Waals surface area contributed by atoms with Crippen molar-refractivity contribution in [3.8, 4) is 5.75 Å². The predicted molar refractivity (Wildman–Crippen MR) is 90.9 cm³/mol. The van der Waals surface area contributed by atoms with Gasteiger partial charge in [-0.05, 0) is 54.8 Å². The molecule has 4 nitrogen and oxygen atoms in total. The monoisotopic (exact) mass is 295 g/mol. The largest absolute Gasteiger partial charge is 0.493 e. The van der Waals surface area contributed by atoms with Crippen LogP contribution in [0.4, 0.5) is 11.6 Å². The molecule has 0 saturated heterocycles. The van der Waals surface area contributed by atoms with Gasteiger partial charge < -0.3 is 15.0 Å². The Bertz CT molecular complexity index is 760. The maximum Gasteiger partial charge on any atom is 0.205 e. The predicted octanol–water partition coefficient (Wildman–Crippen LogP) is 4.65. The van der Waals surface area contributed by atoms with Gasteiger partial charge in [0.05, 0.1) is 17.6 Å². The van der Waals surface area contributed by atoms with E-state index in [9.17, 15) is 0 Å². The molecular weight excluding hydrogens is 274 g/mol. The van der Waals surface area contributed by atoms with Gasteiger partial charge in [0.25, 0.3) is 0 Å². The molecular formula is C18H21N3O. The minimum atomic E-state index is 0.525. The van der Waals surface area contributed by atoms with Crippen LogP contribution in [0.3, 0.4) is 0 Å². The van der Waals surface area contributed by atoms with E-state index in [0.717, 1.165) is 35.0 Å². The Kier molecular flexibility index (Phi) is 4.00. The number of aryl methyl sites for hydroxylation is 1. The fourth-order valence-electron chi connectivity index (χ4n) is 2.22. The Hall–Kier alpha value is -2.49. The fraction of sp³-hybridized carbons (Fsp3) is 0.278. The summed E-state index contributed by atoms with van der Waals surface area (Å²) in [6.45, 7) is 7.08. The number of nitrogens with one attached hydrogen (secondary N) is 2. The van der Waals surface area contributed by atoms with Crippen LogP contribution in [0.25, 0.3) is 11.0 Å². The second-order valence-electron chi connectivity index (χ2n) is 5.96. The second kappa shape index (κ2) is 6.10. The number of aromatic amines is 1. The molecule has 3 rings (SSSR count). The average molecular weight is 295 g/mol. The molecule has 114 valence electrons. The smallest absolute Gasteiger partial charge is 0.205 e. The molecule has 0 radical (unpaired) electrons. The standard InChI is InChI=1S/C18H21N3O/c1-12(2)11-22-15-7-5-14(6-8-15)19-18-20-16-9-4-13(3)10-17(16)21-18/h4-10,12H,11H2,1-3H3,(H2,19,20,21). The van der Waals surface area contributed by atoms with Gasteiger partial charge in [0.15, 0.2) is 0 Å². The zero-order valence-corrected chi connectivity index (χ0v) is 13.2. The molecule has 0 atom stereocenters. The SMILES string of the molecule is Cc1ccc2nc(Nc3ccc(OCC(C)C)cc3)[nH]c2c1. The summed E-state index contributed by atoms with van der Waals surface area (Å²) < 4.78 is 5.68. The Morgan fingerprint density at radius 1 is 1.14 bits per heavy atom. The summed E-state index contributed by atoms with van der Waals surface area (Å²) in [7, 11) is 0. The minimum Gasteiger partial charge on any atom is -0.493 e. The molecule has 2 aromatic carbocycles. The van der Waals surface area contributed by atoms with E-state index in [4.69, 9.17) is 4.74 Å². The molecule has 0 aliphatic carbocycles. The molecule has 1 heterocycles. The summed E-state index contributed by atoms with van der Waals surface area (Å²) in [5, 5.41) is 3.28. The number of rotatable bonds is 5. The van der Waals surface area contributed by atoms with Gasteiger partial charge in [0.2, 0.25) is 5.95 Å². The summed E-state index contributed by atoms with van der Waals surface area (Å²) in [6, 6.07) is 14.1. The zero-order chi connectivity index (χ0) is 15.5. The molecule has 0 fully saturated rings. The van der Waals surface area contributed by atoms with Crippen molar-refractivity contribution in [1.29, 1.82) is 0 Å². The summed E-state index contributed by atoms with van der Waals surface area (Å²) in [4.78, 5) is 7.82. The Morgan fingerprint density at radius 3 is 2.64 bits per heavy atom. The minimum absolute atomic E-state index is 0.525. The number of anilines is 2. The highest BCUT2D eigenvalue weighted by molar-refractivity contribution is 5.79. The number of H-pyrrole nitrogens is 1. The summed E-state index contributed by atoms with van der Waals surface area (Å²) in [6.07, 6.45) is 0. The van der Waals surface area contributed by atoms with Crippen molar-refractivity contribution in [2.24, 2.45) is 5.92 Å². The van der Waals surface area contributed by atoms with Crippen LogP contribution in [0.15, 0.2) is 42.5 Å². The van der Waals surface area contributed by atoms with Gasteiger partial charge in [-0.1, -0.05) is 19.9 Å². The molecule has 1 aromatic heterocycles. The van der Waals surface area contributed by atoms with Gasteiger partial charge in [-0.25, -0.2) is 4.98 Å².